The zero-order valence-electron chi connectivity index (χ0n) is 11.9. The van der Waals surface area contributed by atoms with Gasteiger partial charge in [0.2, 0.25) is 0 Å². The van der Waals surface area contributed by atoms with Crippen LogP contribution >= 0.6 is 0 Å². The second-order valence-electron chi connectivity index (χ2n) is 4.30. The van der Waals surface area contributed by atoms with E-state index in [1.54, 1.807) is 30.3 Å². The highest BCUT2D eigenvalue weighted by molar-refractivity contribution is 5.85. The number of hydrazone groups is 1. The predicted molar refractivity (Wildman–Crippen MR) is 83.6 cm³/mol. The Bertz CT molecular complexity index is 701. The summed E-state index contributed by atoms with van der Waals surface area (Å²) in [6, 6.07) is 11.0. The highest BCUT2D eigenvalue weighted by Crippen LogP contribution is 2.28. The number of hydrogen-bond acceptors (Lipinski definition) is 6. The van der Waals surface area contributed by atoms with E-state index in [0.717, 1.165) is 0 Å². The van der Waals surface area contributed by atoms with E-state index in [9.17, 15) is 15.2 Å². The molecule has 0 heterocycles. The third-order valence-electron chi connectivity index (χ3n) is 2.78. The molecule has 0 aliphatic heterocycles. The van der Waals surface area contributed by atoms with Gasteiger partial charge in [0.1, 0.15) is 0 Å². The Morgan fingerprint density at radius 3 is 2.86 bits per heavy atom. The smallest absolute Gasteiger partial charge is 0.271 e. The number of phenolic OH excluding ortho intramolecular Hbond substituents is 1. The van der Waals surface area contributed by atoms with Crippen LogP contribution in [0.3, 0.4) is 0 Å². The molecule has 0 atom stereocenters. The molecule has 0 aromatic heterocycles. The number of phenols is 1. The normalized spacial score (nSPS) is 10.6. The Morgan fingerprint density at radius 2 is 2.14 bits per heavy atom. The van der Waals surface area contributed by atoms with Gasteiger partial charge in [-0.3, -0.25) is 15.5 Å². The van der Waals surface area contributed by atoms with Crippen LogP contribution in [0.25, 0.3) is 0 Å². The summed E-state index contributed by atoms with van der Waals surface area (Å²) in [4.78, 5) is 10.2. The zero-order valence-corrected chi connectivity index (χ0v) is 11.9. The molecule has 2 aromatic carbocycles. The van der Waals surface area contributed by atoms with Crippen LogP contribution in [0.1, 0.15) is 12.5 Å². The number of para-hydroxylation sites is 1. The van der Waals surface area contributed by atoms with Gasteiger partial charge in [-0.05, 0) is 25.1 Å². The van der Waals surface area contributed by atoms with Gasteiger partial charge in [0, 0.05) is 17.7 Å². The first-order valence-corrected chi connectivity index (χ1v) is 6.60. The van der Waals surface area contributed by atoms with Gasteiger partial charge in [-0.25, -0.2) is 0 Å². The van der Waals surface area contributed by atoms with Crippen LogP contribution in [0.4, 0.5) is 11.4 Å². The van der Waals surface area contributed by atoms with Crippen molar-refractivity contribution in [3.63, 3.8) is 0 Å². The lowest BCUT2D eigenvalue weighted by atomic mass is 10.2. The molecule has 0 aliphatic carbocycles. The lowest BCUT2D eigenvalue weighted by Gasteiger charge is -2.07. The predicted octanol–water partition coefficient (Wildman–Crippen LogP) is 3.15. The minimum absolute atomic E-state index is 0.00561. The van der Waals surface area contributed by atoms with Gasteiger partial charge in [-0.15, -0.1) is 0 Å². The van der Waals surface area contributed by atoms with Crippen molar-refractivity contribution >= 4 is 17.6 Å². The summed E-state index contributed by atoms with van der Waals surface area (Å²) in [6.45, 7) is 2.27. The van der Waals surface area contributed by atoms with Crippen molar-refractivity contribution in [3.05, 3.63) is 58.1 Å². The molecular formula is C15H15N3O4. The van der Waals surface area contributed by atoms with Crippen molar-refractivity contribution in [1.29, 1.82) is 0 Å². The molecule has 2 N–H and O–H groups in total. The Morgan fingerprint density at radius 1 is 1.36 bits per heavy atom. The van der Waals surface area contributed by atoms with E-state index >= 15 is 0 Å². The standard InChI is InChI=1S/C15H15N3O4/c1-2-22-14-8-3-5-11(15(14)19)10-16-17-12-6-4-7-13(9-12)18(20)21/h3-10,17,19H,2H2,1H3/b16-10+. The van der Waals surface area contributed by atoms with Gasteiger partial charge in [0.25, 0.3) is 5.69 Å². The van der Waals surface area contributed by atoms with Gasteiger partial charge in [0.15, 0.2) is 11.5 Å². The summed E-state index contributed by atoms with van der Waals surface area (Å²) < 4.78 is 5.28. The van der Waals surface area contributed by atoms with Gasteiger partial charge < -0.3 is 9.84 Å². The summed E-state index contributed by atoms with van der Waals surface area (Å²) in [5.41, 5.74) is 3.61. The van der Waals surface area contributed by atoms with Crippen LogP contribution < -0.4 is 10.2 Å². The maximum absolute atomic E-state index is 10.7. The highest BCUT2D eigenvalue weighted by Gasteiger charge is 2.06. The van der Waals surface area contributed by atoms with Crippen LogP contribution in [0.5, 0.6) is 11.5 Å². The number of nitro groups is 1. The van der Waals surface area contributed by atoms with E-state index in [1.807, 2.05) is 6.92 Å². The summed E-state index contributed by atoms with van der Waals surface area (Å²) >= 11 is 0. The molecule has 0 spiro atoms. The number of anilines is 1. The highest BCUT2D eigenvalue weighted by atomic mass is 16.6. The molecular weight excluding hydrogens is 286 g/mol. The van der Waals surface area contributed by atoms with Crippen LogP contribution in [0, 0.1) is 10.1 Å². The Hall–Kier alpha value is -3.09. The van der Waals surface area contributed by atoms with Gasteiger partial charge in [0.05, 0.1) is 23.4 Å². The van der Waals surface area contributed by atoms with Gasteiger partial charge in [-0.2, -0.15) is 5.10 Å². The van der Waals surface area contributed by atoms with Crippen LogP contribution in [0.2, 0.25) is 0 Å². The van der Waals surface area contributed by atoms with E-state index in [-0.39, 0.29) is 11.4 Å². The molecule has 7 heteroatoms. The lowest BCUT2D eigenvalue weighted by molar-refractivity contribution is -0.384. The van der Waals surface area contributed by atoms with Crippen LogP contribution in [-0.2, 0) is 0 Å². The number of benzene rings is 2. The number of rotatable bonds is 6. The summed E-state index contributed by atoms with van der Waals surface area (Å²) in [7, 11) is 0. The molecule has 2 rings (SSSR count). The van der Waals surface area contributed by atoms with Crippen LogP contribution in [0.15, 0.2) is 47.6 Å². The molecule has 7 nitrogen and oxygen atoms in total. The second kappa shape index (κ2) is 7.07. The zero-order chi connectivity index (χ0) is 15.9. The third kappa shape index (κ3) is 3.72. The molecule has 0 aliphatic rings. The minimum Gasteiger partial charge on any atom is -0.504 e. The largest absolute Gasteiger partial charge is 0.504 e. The lowest BCUT2D eigenvalue weighted by Crippen LogP contribution is -1.95. The fourth-order valence-corrected chi connectivity index (χ4v) is 1.78. The number of nitrogens with one attached hydrogen (secondary N) is 1. The molecule has 0 amide bonds. The quantitative estimate of drug-likeness (QED) is 0.485. The maximum Gasteiger partial charge on any atom is 0.271 e. The molecule has 0 fully saturated rings. The van der Waals surface area contributed by atoms with Crippen molar-refractivity contribution in [2.75, 3.05) is 12.0 Å². The summed E-state index contributed by atoms with van der Waals surface area (Å²) in [5.74, 6) is 0.371. The molecule has 2 aromatic rings. The van der Waals surface area contributed by atoms with E-state index in [0.29, 0.717) is 23.6 Å². The van der Waals surface area contributed by atoms with Gasteiger partial charge in [-0.1, -0.05) is 12.1 Å². The minimum atomic E-state index is -0.480. The van der Waals surface area contributed by atoms with Crippen molar-refractivity contribution in [1.82, 2.24) is 0 Å². The molecule has 22 heavy (non-hydrogen) atoms. The Labute approximate surface area is 127 Å². The third-order valence-corrected chi connectivity index (χ3v) is 2.78. The first-order valence-electron chi connectivity index (χ1n) is 6.60. The SMILES string of the molecule is CCOc1cccc(/C=N/Nc2cccc([N+](=O)[O-])c2)c1O. The monoisotopic (exact) mass is 301 g/mol. The molecule has 0 unspecified atom stereocenters. The Kier molecular flexibility index (Phi) is 4.92. The van der Waals surface area contributed by atoms with Crippen molar-refractivity contribution in [2.45, 2.75) is 6.92 Å². The van der Waals surface area contributed by atoms with Crippen molar-refractivity contribution in [3.8, 4) is 11.5 Å². The second-order valence-corrected chi connectivity index (χ2v) is 4.30. The molecule has 0 saturated heterocycles. The number of non-ortho nitro benzene ring substituents is 1. The summed E-state index contributed by atoms with van der Waals surface area (Å²) in [6.07, 6.45) is 1.41. The summed E-state index contributed by atoms with van der Waals surface area (Å²) in [5, 5.41) is 24.6. The number of hydrogen-bond donors (Lipinski definition) is 2. The number of nitrogens with zero attached hydrogens (tertiary/aromatic N) is 2. The fourth-order valence-electron chi connectivity index (χ4n) is 1.78. The van der Waals surface area contributed by atoms with E-state index in [4.69, 9.17) is 4.74 Å². The number of aromatic hydroxyl groups is 1. The maximum atomic E-state index is 10.7. The van der Waals surface area contributed by atoms with Crippen molar-refractivity contribution < 1.29 is 14.8 Å². The first-order chi connectivity index (χ1) is 10.6. The topological polar surface area (TPSA) is 97.0 Å². The van der Waals surface area contributed by atoms with E-state index < -0.39 is 4.92 Å². The molecule has 0 radical (unpaired) electrons. The van der Waals surface area contributed by atoms with E-state index in [2.05, 4.69) is 10.5 Å². The molecule has 0 bridgehead atoms. The van der Waals surface area contributed by atoms with Gasteiger partial charge >= 0.3 is 0 Å². The molecule has 114 valence electrons. The van der Waals surface area contributed by atoms with Crippen molar-refractivity contribution in [2.24, 2.45) is 5.10 Å². The Balaban J connectivity index is 2.11. The molecule has 0 saturated carbocycles. The van der Waals surface area contributed by atoms with Crippen LogP contribution in [-0.4, -0.2) is 22.9 Å². The average molecular weight is 301 g/mol. The first kappa shape index (κ1) is 15.3. The number of nitro benzene ring substituents is 1. The number of ether oxygens (including phenoxy) is 1. The fraction of sp³-hybridized carbons (Fsp3) is 0.133. The average Bonchev–Trinajstić information content (AvgIpc) is 2.51. The van der Waals surface area contributed by atoms with E-state index in [1.165, 1.54) is 18.3 Å².